The van der Waals surface area contributed by atoms with Crippen molar-refractivity contribution in [3.05, 3.63) is 29.3 Å². The largest absolute Gasteiger partial charge is 0.243 e. The third-order valence-corrected chi connectivity index (χ3v) is 5.19. The summed E-state index contributed by atoms with van der Waals surface area (Å²) in [6.45, 7) is 2.56. The van der Waals surface area contributed by atoms with Gasteiger partial charge in [0.25, 0.3) is 0 Å². The van der Waals surface area contributed by atoms with Crippen LogP contribution >= 0.6 is 11.6 Å². The number of hydrogen-bond donors (Lipinski definition) is 0. The van der Waals surface area contributed by atoms with Crippen LogP contribution in [0.2, 0.25) is 5.02 Å². The van der Waals surface area contributed by atoms with Crippen LogP contribution in [0.4, 0.5) is 0 Å². The van der Waals surface area contributed by atoms with Crippen molar-refractivity contribution in [2.45, 2.75) is 30.7 Å². The lowest BCUT2D eigenvalue weighted by Gasteiger charge is -2.20. The van der Waals surface area contributed by atoms with E-state index in [2.05, 4.69) is 0 Å². The first-order chi connectivity index (χ1) is 7.51. The molecule has 1 saturated heterocycles. The molecule has 0 radical (unpaired) electrons. The maximum Gasteiger partial charge on any atom is 0.243 e. The molecule has 1 aliphatic heterocycles. The zero-order chi connectivity index (χ0) is 11.8. The minimum Gasteiger partial charge on any atom is -0.207 e. The molecule has 3 nitrogen and oxygen atoms in total. The van der Waals surface area contributed by atoms with E-state index in [0.717, 1.165) is 12.8 Å². The van der Waals surface area contributed by atoms with E-state index in [0.29, 0.717) is 16.5 Å². The number of nitrogens with zero attached hydrogens (tertiary/aromatic N) is 1. The van der Waals surface area contributed by atoms with E-state index >= 15 is 0 Å². The molecule has 0 aliphatic carbocycles. The van der Waals surface area contributed by atoms with Crippen molar-refractivity contribution in [3.8, 4) is 0 Å². The normalized spacial score (nSPS) is 22.5. The molecular weight excluding hydrogens is 246 g/mol. The summed E-state index contributed by atoms with van der Waals surface area (Å²) in [5.41, 5.74) is 0. The lowest BCUT2D eigenvalue weighted by atomic mass is 10.3. The Morgan fingerprint density at radius 3 is 2.44 bits per heavy atom. The van der Waals surface area contributed by atoms with Crippen LogP contribution in [0.5, 0.6) is 0 Å². The Hall–Kier alpha value is -0.580. The molecule has 1 aliphatic rings. The second-order valence-electron chi connectivity index (χ2n) is 4.06. The minimum absolute atomic E-state index is 0.0979. The van der Waals surface area contributed by atoms with Crippen LogP contribution in [0.1, 0.15) is 19.8 Å². The molecule has 2 rings (SSSR count). The molecule has 0 aromatic heterocycles. The maximum absolute atomic E-state index is 12.2. The number of sulfonamides is 1. The van der Waals surface area contributed by atoms with Crippen LogP contribution in [0.25, 0.3) is 0 Å². The van der Waals surface area contributed by atoms with E-state index in [1.165, 1.54) is 0 Å². The molecule has 5 heteroatoms. The smallest absolute Gasteiger partial charge is 0.207 e. The van der Waals surface area contributed by atoms with Crippen LogP contribution < -0.4 is 0 Å². The molecule has 0 bridgehead atoms. The topological polar surface area (TPSA) is 37.4 Å². The summed E-state index contributed by atoms with van der Waals surface area (Å²) in [5, 5.41) is 0.549. The van der Waals surface area contributed by atoms with Crippen LogP contribution in [0.15, 0.2) is 29.2 Å². The molecule has 0 amide bonds. The molecule has 1 heterocycles. The Morgan fingerprint density at radius 1 is 1.31 bits per heavy atom. The van der Waals surface area contributed by atoms with Crippen molar-refractivity contribution in [3.63, 3.8) is 0 Å². The van der Waals surface area contributed by atoms with Crippen molar-refractivity contribution in [2.24, 2.45) is 0 Å². The summed E-state index contributed by atoms with van der Waals surface area (Å²) in [6.07, 6.45) is 1.88. The fourth-order valence-electron chi connectivity index (χ4n) is 2.01. The quantitative estimate of drug-likeness (QED) is 0.818. The first-order valence-corrected chi connectivity index (χ1v) is 7.11. The zero-order valence-electron chi connectivity index (χ0n) is 9.06. The molecule has 1 aromatic rings. The summed E-state index contributed by atoms with van der Waals surface area (Å²) in [6, 6.07) is 6.43. The second-order valence-corrected chi connectivity index (χ2v) is 6.39. The van der Waals surface area contributed by atoms with E-state index in [1.807, 2.05) is 6.92 Å². The summed E-state index contributed by atoms with van der Waals surface area (Å²) >= 11 is 5.74. The third kappa shape index (κ3) is 2.10. The van der Waals surface area contributed by atoms with E-state index in [1.54, 1.807) is 28.6 Å². The number of halogens is 1. The Kier molecular flexibility index (Phi) is 3.24. The summed E-state index contributed by atoms with van der Waals surface area (Å²) in [7, 11) is -3.33. The van der Waals surface area contributed by atoms with Gasteiger partial charge in [-0.05, 0) is 44.0 Å². The maximum atomic E-state index is 12.2. The highest BCUT2D eigenvalue weighted by molar-refractivity contribution is 7.89. The van der Waals surface area contributed by atoms with Crippen molar-refractivity contribution in [1.29, 1.82) is 0 Å². The van der Waals surface area contributed by atoms with Gasteiger partial charge >= 0.3 is 0 Å². The van der Waals surface area contributed by atoms with Gasteiger partial charge in [-0.3, -0.25) is 0 Å². The summed E-state index contributed by atoms with van der Waals surface area (Å²) < 4.78 is 26.0. The predicted molar refractivity (Wildman–Crippen MR) is 64.0 cm³/mol. The van der Waals surface area contributed by atoms with Gasteiger partial charge in [0.1, 0.15) is 0 Å². The highest BCUT2D eigenvalue weighted by Crippen LogP contribution is 2.26. The van der Waals surface area contributed by atoms with Gasteiger partial charge in [0, 0.05) is 17.6 Å². The molecule has 1 atom stereocenters. The van der Waals surface area contributed by atoms with Crippen molar-refractivity contribution < 1.29 is 8.42 Å². The van der Waals surface area contributed by atoms with E-state index in [4.69, 9.17) is 11.6 Å². The molecule has 1 fully saturated rings. The molecule has 0 saturated carbocycles. The van der Waals surface area contributed by atoms with Gasteiger partial charge in [-0.25, -0.2) is 8.42 Å². The van der Waals surface area contributed by atoms with Crippen molar-refractivity contribution in [1.82, 2.24) is 4.31 Å². The SMILES string of the molecule is CC1CCCN1S(=O)(=O)c1ccc(Cl)cc1. The van der Waals surface area contributed by atoms with Gasteiger partial charge in [-0.2, -0.15) is 4.31 Å². The van der Waals surface area contributed by atoms with Gasteiger partial charge in [-0.15, -0.1) is 0 Å². The first kappa shape index (κ1) is 11.9. The number of benzene rings is 1. The fourth-order valence-corrected chi connectivity index (χ4v) is 3.83. The average molecular weight is 260 g/mol. The Labute approximate surface area is 101 Å². The zero-order valence-corrected chi connectivity index (χ0v) is 10.6. The molecule has 1 unspecified atom stereocenters. The van der Waals surface area contributed by atoms with Crippen molar-refractivity contribution in [2.75, 3.05) is 6.54 Å². The highest BCUT2D eigenvalue weighted by atomic mass is 35.5. The van der Waals surface area contributed by atoms with E-state index in [-0.39, 0.29) is 6.04 Å². The monoisotopic (exact) mass is 259 g/mol. The minimum atomic E-state index is -3.33. The number of rotatable bonds is 2. The van der Waals surface area contributed by atoms with E-state index < -0.39 is 10.0 Å². The van der Waals surface area contributed by atoms with E-state index in [9.17, 15) is 8.42 Å². The molecule has 0 N–H and O–H groups in total. The Balaban J connectivity index is 2.35. The van der Waals surface area contributed by atoms with Gasteiger partial charge in [0.05, 0.1) is 4.90 Å². The summed E-state index contributed by atoms with van der Waals surface area (Å²) in [5.74, 6) is 0. The summed E-state index contributed by atoms with van der Waals surface area (Å²) in [4.78, 5) is 0.325. The van der Waals surface area contributed by atoms with Crippen LogP contribution in [-0.4, -0.2) is 25.3 Å². The third-order valence-electron chi connectivity index (χ3n) is 2.91. The number of hydrogen-bond acceptors (Lipinski definition) is 2. The molecule has 88 valence electrons. The van der Waals surface area contributed by atoms with Gasteiger partial charge < -0.3 is 0 Å². The molecular formula is C11H14ClNO2S. The molecule has 16 heavy (non-hydrogen) atoms. The van der Waals surface area contributed by atoms with Gasteiger partial charge in [0.2, 0.25) is 10.0 Å². The first-order valence-electron chi connectivity index (χ1n) is 5.29. The Morgan fingerprint density at radius 2 is 1.94 bits per heavy atom. The van der Waals surface area contributed by atoms with Crippen molar-refractivity contribution >= 4 is 21.6 Å². The van der Waals surface area contributed by atoms with Gasteiger partial charge in [-0.1, -0.05) is 11.6 Å². The second kappa shape index (κ2) is 4.35. The van der Waals surface area contributed by atoms with Crippen LogP contribution in [0, 0.1) is 0 Å². The molecule has 1 aromatic carbocycles. The average Bonchev–Trinajstić information content (AvgIpc) is 2.66. The Bertz CT molecular complexity index is 469. The lowest BCUT2D eigenvalue weighted by molar-refractivity contribution is 0.408. The van der Waals surface area contributed by atoms with Crippen LogP contribution in [-0.2, 0) is 10.0 Å². The molecule has 0 spiro atoms. The highest BCUT2D eigenvalue weighted by Gasteiger charge is 2.32. The standard InChI is InChI=1S/C11H14ClNO2S/c1-9-3-2-8-13(9)16(14,15)11-6-4-10(12)5-7-11/h4-7,9H,2-3,8H2,1H3. The fraction of sp³-hybridized carbons (Fsp3) is 0.455. The van der Waals surface area contributed by atoms with Crippen LogP contribution in [0.3, 0.4) is 0 Å². The predicted octanol–water partition coefficient (Wildman–Crippen LogP) is 2.51. The van der Waals surface area contributed by atoms with Gasteiger partial charge in [0.15, 0.2) is 0 Å². The lowest BCUT2D eigenvalue weighted by Crippen LogP contribution is -2.33.